The maximum Gasteiger partial charge on any atom is 0.251 e. The van der Waals surface area contributed by atoms with Crippen molar-refractivity contribution in [1.82, 2.24) is 15.1 Å². The van der Waals surface area contributed by atoms with Crippen LogP contribution >= 0.6 is 0 Å². The number of rotatable bonds is 4. The fourth-order valence-corrected chi connectivity index (χ4v) is 3.50. The van der Waals surface area contributed by atoms with Gasteiger partial charge in [0.2, 0.25) is 0 Å². The number of anilines is 1. The number of piperidine rings is 1. The highest BCUT2D eigenvalue weighted by Crippen LogP contribution is 2.24. The van der Waals surface area contributed by atoms with Crippen LogP contribution in [-0.4, -0.2) is 65.9 Å². The number of aromatic nitrogens is 2. The Labute approximate surface area is 143 Å². The quantitative estimate of drug-likeness (QED) is 0.874. The number of nitrogens with two attached hydrogens (primary N) is 1. The zero-order valence-electron chi connectivity index (χ0n) is 14.5. The van der Waals surface area contributed by atoms with Crippen LogP contribution in [0.4, 0.5) is 5.82 Å². The molecule has 0 aliphatic carbocycles. The van der Waals surface area contributed by atoms with Gasteiger partial charge in [0.25, 0.3) is 5.91 Å². The molecule has 0 bridgehead atoms. The zero-order chi connectivity index (χ0) is 17.1. The van der Waals surface area contributed by atoms with Crippen LogP contribution in [0.1, 0.15) is 31.4 Å². The molecule has 2 N–H and O–H groups in total. The maximum absolute atomic E-state index is 12.6. The van der Waals surface area contributed by atoms with Crippen molar-refractivity contribution in [1.29, 1.82) is 0 Å². The van der Waals surface area contributed by atoms with Crippen molar-refractivity contribution >= 4 is 11.7 Å². The topological polar surface area (TPSA) is 84.6 Å². The number of likely N-dealkylation sites (tertiary alicyclic amines) is 1. The van der Waals surface area contributed by atoms with Gasteiger partial charge in [0.05, 0.1) is 11.8 Å². The third-order valence-electron chi connectivity index (χ3n) is 5.11. The Bertz CT molecular complexity index is 557. The first-order chi connectivity index (χ1) is 11.6. The van der Waals surface area contributed by atoms with Crippen LogP contribution in [0.25, 0.3) is 0 Å². The highest BCUT2D eigenvalue weighted by molar-refractivity contribution is 5.81. The lowest BCUT2D eigenvalue weighted by Gasteiger charge is -2.37. The molecule has 1 aromatic heterocycles. The van der Waals surface area contributed by atoms with Crippen LogP contribution < -0.4 is 10.6 Å². The molecule has 0 radical (unpaired) electrons. The summed E-state index contributed by atoms with van der Waals surface area (Å²) in [4.78, 5) is 16.7. The number of hydrogen-bond acceptors (Lipinski definition) is 6. The number of hydrogen-bond donors (Lipinski definition) is 1. The van der Waals surface area contributed by atoms with Gasteiger partial charge in [-0.15, -0.1) is 5.10 Å². The highest BCUT2D eigenvalue weighted by atomic mass is 16.5. The summed E-state index contributed by atoms with van der Waals surface area (Å²) in [5, 5.41) is 8.37. The number of amides is 1. The van der Waals surface area contributed by atoms with Crippen LogP contribution in [0, 0.1) is 6.92 Å². The molecular weight excluding hydrogens is 306 g/mol. The summed E-state index contributed by atoms with van der Waals surface area (Å²) in [5.41, 5.74) is 6.54. The van der Waals surface area contributed by atoms with E-state index in [2.05, 4.69) is 15.1 Å². The van der Waals surface area contributed by atoms with Crippen molar-refractivity contribution in [3.05, 3.63) is 17.8 Å². The van der Waals surface area contributed by atoms with Crippen molar-refractivity contribution in [2.45, 2.75) is 50.9 Å². The molecule has 132 valence electrons. The summed E-state index contributed by atoms with van der Waals surface area (Å²) in [5.74, 6) is 1.01. The van der Waals surface area contributed by atoms with Crippen molar-refractivity contribution < 1.29 is 9.53 Å². The second-order valence-electron chi connectivity index (χ2n) is 6.76. The van der Waals surface area contributed by atoms with Crippen LogP contribution in [-0.2, 0) is 9.53 Å². The van der Waals surface area contributed by atoms with E-state index >= 15 is 0 Å². The molecule has 3 rings (SSSR count). The lowest BCUT2D eigenvalue weighted by molar-refractivity contribution is -0.143. The summed E-state index contributed by atoms with van der Waals surface area (Å²) in [6.45, 7) is 3.95. The molecule has 2 aliphatic rings. The van der Waals surface area contributed by atoms with Crippen molar-refractivity contribution in [2.24, 2.45) is 5.73 Å². The molecule has 2 atom stereocenters. The van der Waals surface area contributed by atoms with Crippen molar-refractivity contribution in [2.75, 3.05) is 31.6 Å². The van der Waals surface area contributed by atoms with Crippen LogP contribution in [0.2, 0.25) is 0 Å². The van der Waals surface area contributed by atoms with E-state index in [1.54, 1.807) is 0 Å². The molecule has 7 heteroatoms. The first-order valence-corrected chi connectivity index (χ1v) is 8.76. The van der Waals surface area contributed by atoms with Gasteiger partial charge < -0.3 is 20.3 Å². The van der Waals surface area contributed by atoms with E-state index in [1.807, 2.05) is 31.0 Å². The van der Waals surface area contributed by atoms with E-state index in [0.717, 1.165) is 50.3 Å². The van der Waals surface area contributed by atoms with Gasteiger partial charge in [0.1, 0.15) is 6.10 Å². The minimum atomic E-state index is -0.296. The van der Waals surface area contributed by atoms with Gasteiger partial charge in [-0.2, -0.15) is 5.10 Å². The predicted octanol–water partition coefficient (Wildman–Crippen LogP) is 0.719. The van der Waals surface area contributed by atoms with E-state index in [4.69, 9.17) is 10.5 Å². The number of carbonyl (C=O) groups excluding carboxylic acids is 1. The largest absolute Gasteiger partial charge is 0.364 e. The summed E-state index contributed by atoms with van der Waals surface area (Å²) >= 11 is 0. The first kappa shape index (κ1) is 17.1. The first-order valence-electron chi connectivity index (χ1n) is 8.76. The smallest absolute Gasteiger partial charge is 0.251 e. The lowest BCUT2D eigenvalue weighted by atomic mass is 10.0. The average Bonchev–Trinajstić information content (AvgIpc) is 3.10. The van der Waals surface area contributed by atoms with E-state index < -0.39 is 0 Å². The van der Waals surface area contributed by atoms with Gasteiger partial charge in [-0.25, -0.2) is 0 Å². The Balaban J connectivity index is 1.52. The molecular formula is C17H27N5O2. The van der Waals surface area contributed by atoms with Crippen LogP contribution in [0.15, 0.2) is 12.1 Å². The van der Waals surface area contributed by atoms with E-state index in [0.29, 0.717) is 12.6 Å². The Morgan fingerprint density at radius 2 is 2.04 bits per heavy atom. The van der Waals surface area contributed by atoms with E-state index in [-0.39, 0.29) is 18.1 Å². The van der Waals surface area contributed by atoms with Gasteiger partial charge in [-0.1, -0.05) is 0 Å². The molecule has 3 heterocycles. The standard InChI is InChI=1S/C17H27N5O2/c1-12-3-6-16(20-19-12)21(2)13-7-9-22(10-8-13)17(23)15-5-4-14(11-18)24-15/h3,6,13-15H,4-5,7-11,18H2,1-2H3/t14-,15+/m1/s1. The molecule has 0 unspecified atom stereocenters. The number of ether oxygens (including phenoxy) is 1. The van der Waals surface area contributed by atoms with Crippen molar-refractivity contribution in [3.8, 4) is 0 Å². The molecule has 0 saturated carbocycles. The normalized spacial score (nSPS) is 25.0. The molecule has 2 aliphatic heterocycles. The Morgan fingerprint density at radius 3 is 2.62 bits per heavy atom. The second kappa shape index (κ2) is 7.44. The number of aryl methyl sites for hydroxylation is 1. The summed E-state index contributed by atoms with van der Waals surface area (Å²) in [7, 11) is 2.05. The molecule has 24 heavy (non-hydrogen) atoms. The predicted molar refractivity (Wildman–Crippen MR) is 91.7 cm³/mol. The van der Waals surface area contributed by atoms with Crippen LogP contribution in [0.5, 0.6) is 0 Å². The van der Waals surface area contributed by atoms with Gasteiger partial charge in [-0.3, -0.25) is 4.79 Å². The molecule has 1 amide bonds. The fourth-order valence-electron chi connectivity index (χ4n) is 3.50. The summed E-state index contributed by atoms with van der Waals surface area (Å²) in [6.07, 6.45) is 3.30. The molecule has 1 aromatic rings. The van der Waals surface area contributed by atoms with Gasteiger partial charge in [0, 0.05) is 32.7 Å². The van der Waals surface area contributed by atoms with Gasteiger partial charge >= 0.3 is 0 Å². The minimum Gasteiger partial charge on any atom is -0.364 e. The monoisotopic (exact) mass is 333 g/mol. The van der Waals surface area contributed by atoms with Crippen molar-refractivity contribution in [3.63, 3.8) is 0 Å². The molecule has 0 spiro atoms. The number of nitrogens with zero attached hydrogens (tertiary/aromatic N) is 4. The fraction of sp³-hybridized carbons (Fsp3) is 0.706. The minimum absolute atomic E-state index is 0.0442. The van der Waals surface area contributed by atoms with Crippen LogP contribution in [0.3, 0.4) is 0 Å². The Hall–Kier alpha value is -1.73. The summed E-state index contributed by atoms with van der Waals surface area (Å²) in [6, 6.07) is 4.36. The Morgan fingerprint density at radius 1 is 1.29 bits per heavy atom. The average molecular weight is 333 g/mol. The SMILES string of the molecule is Cc1ccc(N(C)C2CCN(C(=O)[C@@H]3CC[C@H](CN)O3)CC2)nn1. The van der Waals surface area contributed by atoms with E-state index in [1.165, 1.54) is 0 Å². The third kappa shape index (κ3) is 3.67. The molecule has 2 fully saturated rings. The van der Waals surface area contributed by atoms with E-state index in [9.17, 15) is 4.79 Å². The van der Waals surface area contributed by atoms with Gasteiger partial charge in [-0.05, 0) is 44.7 Å². The molecule has 2 saturated heterocycles. The Kier molecular flexibility index (Phi) is 5.30. The van der Waals surface area contributed by atoms with Gasteiger partial charge in [0.15, 0.2) is 5.82 Å². The zero-order valence-corrected chi connectivity index (χ0v) is 14.5. The molecule has 7 nitrogen and oxygen atoms in total. The summed E-state index contributed by atoms with van der Waals surface area (Å²) < 4.78 is 5.74. The highest BCUT2D eigenvalue weighted by Gasteiger charge is 2.35. The third-order valence-corrected chi connectivity index (χ3v) is 5.11. The number of carbonyl (C=O) groups is 1. The lowest BCUT2D eigenvalue weighted by Crippen LogP contribution is -2.48. The molecule has 0 aromatic carbocycles. The maximum atomic E-state index is 12.6. The second-order valence-corrected chi connectivity index (χ2v) is 6.76.